The van der Waals surface area contributed by atoms with Crippen LogP contribution in [-0.4, -0.2) is 32.6 Å². The molecule has 0 atom stereocenters. The van der Waals surface area contributed by atoms with E-state index in [1.165, 1.54) is 20.2 Å². The number of amides is 2. The first-order valence-corrected chi connectivity index (χ1v) is 8.58. The number of hydrogen-bond donors (Lipinski definition) is 2. The molecule has 7 heteroatoms. The molecule has 0 aliphatic carbocycles. The minimum atomic E-state index is -0.414. The van der Waals surface area contributed by atoms with Crippen molar-refractivity contribution in [2.24, 2.45) is 0 Å². The molecule has 2 N–H and O–H groups in total. The van der Waals surface area contributed by atoms with Crippen LogP contribution in [0.15, 0.2) is 49.1 Å². The zero-order chi connectivity index (χ0) is 19.8. The highest BCUT2D eigenvalue weighted by Gasteiger charge is 2.12. The van der Waals surface area contributed by atoms with Gasteiger partial charge in [-0.3, -0.25) is 9.59 Å². The summed E-state index contributed by atoms with van der Waals surface area (Å²) in [6.07, 6.45) is 2.50. The standard InChI is InChI=1S/C20H21ClN2O4/c1-4-5-13-6-9-17(18(10-13)26-3)27-12-19(24)23-16-11-14(20(25)22-2)7-8-15(16)21/h4,6-11H,1,5,12H2,2-3H3,(H,22,25)(H,23,24). The van der Waals surface area contributed by atoms with E-state index < -0.39 is 5.91 Å². The summed E-state index contributed by atoms with van der Waals surface area (Å²) in [4.78, 5) is 23.9. The van der Waals surface area contributed by atoms with Gasteiger partial charge in [-0.2, -0.15) is 0 Å². The Labute approximate surface area is 163 Å². The molecule has 142 valence electrons. The Morgan fingerprint density at radius 3 is 2.63 bits per heavy atom. The van der Waals surface area contributed by atoms with Gasteiger partial charge in [0.1, 0.15) is 0 Å². The topological polar surface area (TPSA) is 76.7 Å². The largest absolute Gasteiger partial charge is 0.493 e. The van der Waals surface area contributed by atoms with Gasteiger partial charge in [-0.05, 0) is 42.3 Å². The number of hydrogen-bond acceptors (Lipinski definition) is 4. The Bertz CT molecular complexity index is 852. The van der Waals surface area contributed by atoms with Gasteiger partial charge >= 0.3 is 0 Å². The number of nitrogens with one attached hydrogen (secondary N) is 2. The number of carbonyl (C=O) groups excluding carboxylic acids is 2. The van der Waals surface area contributed by atoms with Gasteiger partial charge in [0.2, 0.25) is 0 Å². The van der Waals surface area contributed by atoms with Crippen molar-refractivity contribution in [1.29, 1.82) is 0 Å². The van der Waals surface area contributed by atoms with Crippen LogP contribution in [-0.2, 0) is 11.2 Å². The zero-order valence-electron chi connectivity index (χ0n) is 15.2. The molecule has 6 nitrogen and oxygen atoms in total. The third-order valence-electron chi connectivity index (χ3n) is 3.70. The molecule has 27 heavy (non-hydrogen) atoms. The first-order valence-electron chi connectivity index (χ1n) is 8.20. The molecule has 0 spiro atoms. The average molecular weight is 389 g/mol. The molecule has 0 fully saturated rings. The van der Waals surface area contributed by atoms with E-state index in [-0.39, 0.29) is 12.5 Å². The molecule has 2 rings (SSSR count). The van der Waals surface area contributed by atoms with E-state index in [1.807, 2.05) is 12.1 Å². The summed E-state index contributed by atoms with van der Waals surface area (Å²) < 4.78 is 10.8. The molecule has 0 aliphatic heterocycles. The molecule has 0 saturated heterocycles. The second-order valence-corrected chi connectivity index (χ2v) is 6.00. The van der Waals surface area contributed by atoms with Crippen molar-refractivity contribution in [2.45, 2.75) is 6.42 Å². The van der Waals surface area contributed by atoms with E-state index in [9.17, 15) is 9.59 Å². The van der Waals surface area contributed by atoms with Crippen LogP contribution in [0.3, 0.4) is 0 Å². The SMILES string of the molecule is C=CCc1ccc(OCC(=O)Nc2cc(C(=O)NC)ccc2Cl)c(OC)c1. The fraction of sp³-hybridized carbons (Fsp3) is 0.200. The molecular weight excluding hydrogens is 368 g/mol. The number of carbonyl (C=O) groups is 2. The first-order chi connectivity index (χ1) is 13.0. The van der Waals surface area contributed by atoms with Gasteiger partial charge in [0.15, 0.2) is 18.1 Å². The molecule has 0 saturated carbocycles. The summed E-state index contributed by atoms with van der Waals surface area (Å²) in [7, 11) is 3.06. The van der Waals surface area contributed by atoms with E-state index in [0.29, 0.717) is 34.2 Å². The first kappa shape index (κ1) is 20.3. The summed E-state index contributed by atoms with van der Waals surface area (Å²) >= 11 is 6.08. The maximum absolute atomic E-state index is 12.2. The van der Waals surface area contributed by atoms with Crippen LogP contribution in [0.4, 0.5) is 5.69 Å². The lowest BCUT2D eigenvalue weighted by molar-refractivity contribution is -0.118. The highest BCUT2D eigenvalue weighted by molar-refractivity contribution is 6.33. The van der Waals surface area contributed by atoms with Crippen molar-refractivity contribution in [3.8, 4) is 11.5 Å². The van der Waals surface area contributed by atoms with Gasteiger partial charge in [-0.25, -0.2) is 0 Å². The highest BCUT2D eigenvalue weighted by atomic mass is 35.5. The maximum atomic E-state index is 12.2. The Hall–Kier alpha value is -2.99. The van der Waals surface area contributed by atoms with Crippen molar-refractivity contribution >= 4 is 29.1 Å². The zero-order valence-corrected chi connectivity index (χ0v) is 15.9. The van der Waals surface area contributed by atoms with Crippen molar-refractivity contribution in [3.63, 3.8) is 0 Å². The number of anilines is 1. The lowest BCUT2D eigenvalue weighted by Gasteiger charge is -2.13. The maximum Gasteiger partial charge on any atom is 0.262 e. The smallest absolute Gasteiger partial charge is 0.262 e. The molecule has 0 aliphatic rings. The molecular formula is C20H21ClN2O4. The molecule has 0 aromatic heterocycles. The molecule has 0 radical (unpaired) electrons. The van der Waals surface area contributed by atoms with E-state index in [1.54, 1.807) is 24.3 Å². The van der Waals surface area contributed by atoms with Gasteiger partial charge in [-0.15, -0.1) is 6.58 Å². The second kappa shape index (κ2) is 9.64. The van der Waals surface area contributed by atoms with Crippen LogP contribution in [0.25, 0.3) is 0 Å². The van der Waals surface area contributed by atoms with E-state index in [2.05, 4.69) is 17.2 Å². The number of methoxy groups -OCH3 is 1. The average Bonchev–Trinajstić information content (AvgIpc) is 2.68. The normalized spacial score (nSPS) is 10.0. The van der Waals surface area contributed by atoms with E-state index >= 15 is 0 Å². The number of allylic oxidation sites excluding steroid dienone is 1. The molecule has 0 bridgehead atoms. The van der Waals surface area contributed by atoms with Crippen molar-refractivity contribution in [2.75, 3.05) is 26.1 Å². The van der Waals surface area contributed by atoms with Crippen LogP contribution in [0.2, 0.25) is 5.02 Å². The minimum Gasteiger partial charge on any atom is -0.493 e. The summed E-state index contributed by atoms with van der Waals surface area (Å²) in [5.41, 5.74) is 1.74. The summed E-state index contributed by atoms with van der Waals surface area (Å²) in [6, 6.07) is 10.1. The van der Waals surface area contributed by atoms with Crippen LogP contribution in [0.1, 0.15) is 15.9 Å². The number of ether oxygens (including phenoxy) is 2. The third-order valence-corrected chi connectivity index (χ3v) is 4.03. The fourth-order valence-electron chi connectivity index (χ4n) is 2.36. The monoisotopic (exact) mass is 388 g/mol. The Kier molecular flexibility index (Phi) is 7.25. The van der Waals surface area contributed by atoms with Crippen molar-refractivity contribution < 1.29 is 19.1 Å². The van der Waals surface area contributed by atoms with Crippen molar-refractivity contribution in [1.82, 2.24) is 5.32 Å². The summed E-state index contributed by atoms with van der Waals surface area (Å²) in [5.74, 6) is 0.290. The molecule has 2 aromatic carbocycles. The van der Waals surface area contributed by atoms with Crippen LogP contribution in [0.5, 0.6) is 11.5 Å². The number of rotatable bonds is 8. The molecule has 2 aromatic rings. The fourth-order valence-corrected chi connectivity index (χ4v) is 2.53. The van der Waals surface area contributed by atoms with Gasteiger partial charge in [0, 0.05) is 12.6 Å². The van der Waals surface area contributed by atoms with E-state index in [0.717, 1.165) is 5.56 Å². The van der Waals surface area contributed by atoms with Gasteiger partial charge in [0.25, 0.3) is 11.8 Å². The number of halogens is 1. The predicted octanol–water partition coefficient (Wildman–Crippen LogP) is 3.45. The third kappa shape index (κ3) is 5.49. The lowest BCUT2D eigenvalue weighted by Crippen LogP contribution is -2.22. The van der Waals surface area contributed by atoms with Gasteiger partial charge in [0.05, 0.1) is 17.8 Å². The Balaban J connectivity index is 2.04. The quantitative estimate of drug-likeness (QED) is 0.679. The van der Waals surface area contributed by atoms with Crippen molar-refractivity contribution in [3.05, 3.63) is 65.2 Å². The minimum absolute atomic E-state index is 0.238. The summed E-state index contributed by atoms with van der Waals surface area (Å²) in [5, 5.41) is 5.48. The van der Waals surface area contributed by atoms with E-state index in [4.69, 9.17) is 21.1 Å². The highest BCUT2D eigenvalue weighted by Crippen LogP contribution is 2.28. The number of benzene rings is 2. The van der Waals surface area contributed by atoms with Crippen LogP contribution < -0.4 is 20.1 Å². The van der Waals surface area contributed by atoms with Crippen LogP contribution in [0, 0.1) is 0 Å². The molecule has 0 heterocycles. The Morgan fingerprint density at radius 1 is 1.19 bits per heavy atom. The molecule has 0 unspecified atom stereocenters. The summed E-state index contributed by atoms with van der Waals surface area (Å²) in [6.45, 7) is 3.46. The predicted molar refractivity (Wildman–Crippen MR) is 106 cm³/mol. The second-order valence-electron chi connectivity index (χ2n) is 5.59. The van der Waals surface area contributed by atoms with Crippen LogP contribution >= 0.6 is 11.6 Å². The lowest BCUT2D eigenvalue weighted by atomic mass is 10.1. The van der Waals surface area contributed by atoms with Gasteiger partial charge < -0.3 is 20.1 Å². The van der Waals surface area contributed by atoms with Gasteiger partial charge in [-0.1, -0.05) is 23.7 Å². The Morgan fingerprint density at radius 2 is 1.96 bits per heavy atom. The molecule has 2 amide bonds.